The SMILES string of the molecule is CCCCCCCCCCCCCCCC(=O)N[C@H](CSC[C@H](O)CO)C(=O)O. The van der Waals surface area contributed by atoms with Crippen molar-refractivity contribution < 1.29 is 24.9 Å². The Morgan fingerprint density at radius 1 is 0.828 bits per heavy atom. The highest BCUT2D eigenvalue weighted by molar-refractivity contribution is 7.99. The van der Waals surface area contributed by atoms with Crippen molar-refractivity contribution in [3.63, 3.8) is 0 Å². The number of carbonyl (C=O) groups excluding carboxylic acids is 1. The molecule has 0 aromatic carbocycles. The van der Waals surface area contributed by atoms with Crippen molar-refractivity contribution in [1.82, 2.24) is 5.32 Å². The number of carbonyl (C=O) groups is 2. The van der Waals surface area contributed by atoms with E-state index in [2.05, 4.69) is 12.2 Å². The molecular formula is C22H43NO5S. The molecule has 0 saturated carbocycles. The van der Waals surface area contributed by atoms with E-state index in [1.807, 2.05) is 0 Å². The summed E-state index contributed by atoms with van der Waals surface area (Å²) >= 11 is 1.21. The molecule has 0 bridgehead atoms. The standard InChI is InChI=1S/C22H43NO5S/c1-2-3-4-5-6-7-8-9-10-11-12-13-14-15-21(26)23-20(22(27)28)18-29-17-19(25)16-24/h19-20,24-25H,2-18H2,1H3,(H,23,26)(H,27,28)/t19-,20-/m1/s1. The van der Waals surface area contributed by atoms with Gasteiger partial charge in [-0.2, -0.15) is 11.8 Å². The van der Waals surface area contributed by atoms with Gasteiger partial charge in [-0.05, 0) is 6.42 Å². The second-order valence-corrected chi connectivity index (χ2v) is 8.90. The molecule has 0 aromatic rings. The van der Waals surface area contributed by atoms with Crippen LogP contribution in [0.1, 0.15) is 96.8 Å². The minimum absolute atomic E-state index is 0.177. The van der Waals surface area contributed by atoms with Crippen molar-refractivity contribution in [2.75, 3.05) is 18.1 Å². The Morgan fingerprint density at radius 2 is 1.31 bits per heavy atom. The third-order valence-electron chi connectivity index (χ3n) is 4.95. The van der Waals surface area contributed by atoms with Gasteiger partial charge in [-0.3, -0.25) is 4.79 Å². The molecule has 0 unspecified atom stereocenters. The van der Waals surface area contributed by atoms with Gasteiger partial charge in [0, 0.05) is 17.9 Å². The number of aliphatic hydroxyl groups excluding tert-OH is 2. The Labute approximate surface area is 181 Å². The molecule has 29 heavy (non-hydrogen) atoms. The van der Waals surface area contributed by atoms with Crippen molar-refractivity contribution in [3.8, 4) is 0 Å². The van der Waals surface area contributed by atoms with E-state index < -0.39 is 18.1 Å². The Morgan fingerprint density at radius 3 is 1.76 bits per heavy atom. The highest BCUT2D eigenvalue weighted by atomic mass is 32.2. The van der Waals surface area contributed by atoms with Crippen LogP contribution in [0, 0.1) is 0 Å². The van der Waals surface area contributed by atoms with Crippen LogP contribution in [0.5, 0.6) is 0 Å². The molecule has 0 aliphatic carbocycles. The van der Waals surface area contributed by atoms with E-state index in [0.29, 0.717) is 6.42 Å². The van der Waals surface area contributed by atoms with E-state index in [0.717, 1.165) is 19.3 Å². The number of carboxylic acids is 1. The second-order valence-electron chi connectivity index (χ2n) is 7.82. The van der Waals surface area contributed by atoms with Crippen LogP contribution in [-0.4, -0.2) is 57.5 Å². The number of hydrogen-bond acceptors (Lipinski definition) is 5. The quantitative estimate of drug-likeness (QED) is 0.203. The van der Waals surface area contributed by atoms with Crippen molar-refractivity contribution in [3.05, 3.63) is 0 Å². The van der Waals surface area contributed by atoms with E-state index in [1.54, 1.807) is 0 Å². The topological polar surface area (TPSA) is 107 Å². The smallest absolute Gasteiger partial charge is 0.327 e. The molecule has 7 heteroatoms. The lowest BCUT2D eigenvalue weighted by Crippen LogP contribution is -2.42. The van der Waals surface area contributed by atoms with Gasteiger partial charge >= 0.3 is 5.97 Å². The third-order valence-corrected chi connectivity index (χ3v) is 6.14. The summed E-state index contributed by atoms with van der Waals surface area (Å²) in [5.41, 5.74) is 0. The first-order valence-corrected chi connectivity index (χ1v) is 12.6. The average molecular weight is 434 g/mol. The summed E-state index contributed by atoms with van der Waals surface area (Å²) in [7, 11) is 0. The molecule has 0 aromatic heterocycles. The fourth-order valence-corrected chi connectivity index (χ4v) is 4.09. The maximum absolute atomic E-state index is 11.9. The molecule has 0 radical (unpaired) electrons. The van der Waals surface area contributed by atoms with E-state index in [1.165, 1.54) is 76.0 Å². The fourth-order valence-electron chi connectivity index (χ4n) is 3.12. The van der Waals surface area contributed by atoms with Gasteiger partial charge in [0.2, 0.25) is 5.91 Å². The molecule has 0 aliphatic heterocycles. The maximum atomic E-state index is 11.9. The van der Waals surface area contributed by atoms with Gasteiger partial charge in [0.15, 0.2) is 0 Å². The highest BCUT2D eigenvalue weighted by Gasteiger charge is 2.20. The summed E-state index contributed by atoms with van der Waals surface area (Å²) in [6, 6.07) is -0.958. The third kappa shape index (κ3) is 18.9. The lowest BCUT2D eigenvalue weighted by Gasteiger charge is -2.15. The lowest BCUT2D eigenvalue weighted by atomic mass is 10.0. The Hall–Kier alpha value is -0.790. The number of amides is 1. The predicted molar refractivity (Wildman–Crippen MR) is 120 cm³/mol. The summed E-state index contributed by atoms with van der Waals surface area (Å²) in [6.07, 6.45) is 15.6. The van der Waals surface area contributed by atoms with Gasteiger partial charge in [-0.1, -0.05) is 84.0 Å². The fraction of sp³-hybridized carbons (Fsp3) is 0.909. The normalized spacial score (nSPS) is 13.2. The van der Waals surface area contributed by atoms with Gasteiger partial charge in [-0.15, -0.1) is 0 Å². The molecule has 172 valence electrons. The van der Waals surface area contributed by atoms with Gasteiger partial charge in [0.25, 0.3) is 0 Å². The molecule has 0 spiro atoms. The van der Waals surface area contributed by atoms with Crippen LogP contribution in [0.2, 0.25) is 0 Å². The Bertz CT molecular complexity index is 409. The van der Waals surface area contributed by atoms with Crippen LogP contribution in [0.4, 0.5) is 0 Å². The molecule has 6 nitrogen and oxygen atoms in total. The summed E-state index contributed by atoms with van der Waals surface area (Å²) in [4.78, 5) is 23.2. The minimum atomic E-state index is -1.07. The predicted octanol–water partition coefficient (Wildman–Crippen LogP) is 4.12. The zero-order valence-corrected chi connectivity index (χ0v) is 19.1. The molecule has 0 aliphatic rings. The number of rotatable bonds is 21. The molecule has 4 N–H and O–H groups in total. The lowest BCUT2D eigenvalue weighted by molar-refractivity contribution is -0.141. The van der Waals surface area contributed by atoms with Crippen LogP contribution in [-0.2, 0) is 9.59 Å². The minimum Gasteiger partial charge on any atom is -0.480 e. The molecule has 2 atom stereocenters. The van der Waals surface area contributed by atoms with Crippen molar-refractivity contribution in [2.24, 2.45) is 0 Å². The average Bonchev–Trinajstić information content (AvgIpc) is 2.70. The second kappa shape index (κ2) is 20.5. The monoisotopic (exact) mass is 433 g/mol. The zero-order chi connectivity index (χ0) is 21.7. The largest absolute Gasteiger partial charge is 0.480 e. The van der Waals surface area contributed by atoms with E-state index in [-0.39, 0.29) is 24.0 Å². The first-order valence-electron chi connectivity index (χ1n) is 11.4. The van der Waals surface area contributed by atoms with Crippen LogP contribution >= 0.6 is 11.8 Å². The van der Waals surface area contributed by atoms with E-state index >= 15 is 0 Å². The number of carboxylic acid groups (broad SMARTS) is 1. The zero-order valence-electron chi connectivity index (χ0n) is 18.2. The van der Waals surface area contributed by atoms with Crippen LogP contribution < -0.4 is 5.32 Å². The Kier molecular flexibility index (Phi) is 19.9. The van der Waals surface area contributed by atoms with Crippen LogP contribution in [0.3, 0.4) is 0 Å². The number of thioether (sulfide) groups is 1. The highest BCUT2D eigenvalue weighted by Crippen LogP contribution is 2.13. The van der Waals surface area contributed by atoms with Gasteiger partial charge in [0.05, 0.1) is 12.7 Å². The van der Waals surface area contributed by atoms with Gasteiger partial charge in [-0.25, -0.2) is 4.79 Å². The van der Waals surface area contributed by atoms with Gasteiger partial charge in [0.1, 0.15) is 6.04 Å². The first-order chi connectivity index (χ1) is 14.0. The molecule has 0 rings (SSSR count). The van der Waals surface area contributed by atoms with E-state index in [9.17, 15) is 19.8 Å². The van der Waals surface area contributed by atoms with Crippen molar-refractivity contribution >= 4 is 23.6 Å². The van der Waals surface area contributed by atoms with E-state index in [4.69, 9.17) is 5.11 Å². The van der Waals surface area contributed by atoms with Crippen LogP contribution in [0.25, 0.3) is 0 Å². The molecular weight excluding hydrogens is 390 g/mol. The summed E-state index contributed by atoms with van der Waals surface area (Å²) in [5.74, 6) is -0.885. The first kappa shape index (κ1) is 28.2. The Balaban J connectivity index is 3.58. The summed E-state index contributed by atoms with van der Waals surface area (Å²) in [6.45, 7) is 1.89. The number of aliphatic carboxylic acids is 1. The number of nitrogens with one attached hydrogen (secondary N) is 1. The van der Waals surface area contributed by atoms with Crippen molar-refractivity contribution in [2.45, 2.75) is 109 Å². The van der Waals surface area contributed by atoms with Crippen LogP contribution in [0.15, 0.2) is 0 Å². The molecule has 0 saturated heterocycles. The molecule has 0 heterocycles. The number of unbranched alkanes of at least 4 members (excludes halogenated alkanes) is 12. The number of aliphatic hydroxyl groups is 2. The summed E-state index contributed by atoms with van der Waals surface area (Å²) < 4.78 is 0. The molecule has 1 amide bonds. The number of hydrogen-bond donors (Lipinski definition) is 4. The molecule has 0 fully saturated rings. The maximum Gasteiger partial charge on any atom is 0.327 e. The van der Waals surface area contributed by atoms with Gasteiger partial charge < -0.3 is 20.6 Å². The summed E-state index contributed by atoms with van der Waals surface area (Å²) in [5, 5.41) is 29.8. The van der Waals surface area contributed by atoms with Crippen molar-refractivity contribution in [1.29, 1.82) is 0 Å².